The Hall–Kier alpha value is -2.49. The number of hydrogen-bond donors (Lipinski definition) is 1. The van der Waals surface area contributed by atoms with Crippen molar-refractivity contribution in [3.8, 4) is 0 Å². The van der Waals surface area contributed by atoms with Crippen LogP contribution < -0.4 is 0 Å². The van der Waals surface area contributed by atoms with Crippen LogP contribution in [0.4, 0.5) is 0 Å². The Bertz CT molecular complexity index is 1010. The van der Waals surface area contributed by atoms with Gasteiger partial charge in [-0.05, 0) is 23.6 Å². The Kier molecular flexibility index (Phi) is 4.73. The molecule has 3 fully saturated rings. The summed E-state index contributed by atoms with van der Waals surface area (Å²) in [6.45, 7) is 7.32. The number of nitrogens with zero attached hydrogens (tertiary/aromatic N) is 2. The Balaban J connectivity index is 1.56. The van der Waals surface area contributed by atoms with Crippen molar-refractivity contribution < 1.29 is 9.59 Å². The average molecular weight is 386 g/mol. The third kappa shape index (κ3) is 3.19. The minimum absolute atomic E-state index is 0.205. The van der Waals surface area contributed by atoms with E-state index in [1.807, 2.05) is 30.5 Å². The van der Waals surface area contributed by atoms with E-state index in [1.54, 1.807) is 0 Å². The summed E-state index contributed by atoms with van der Waals surface area (Å²) in [4.78, 5) is 4.50. The molecule has 1 aromatic heterocycles. The molecule has 1 N–H and O–H groups in total. The molecule has 5 atom stereocenters. The fourth-order valence-electron chi connectivity index (χ4n) is 5.91. The van der Waals surface area contributed by atoms with E-state index in [4.69, 9.17) is 0 Å². The number of aromatic nitrogens is 1. The zero-order valence-electron chi connectivity index (χ0n) is 16.8. The van der Waals surface area contributed by atoms with Gasteiger partial charge in [0.05, 0.1) is 18.6 Å². The molecular formula is C26H29N2O+. The van der Waals surface area contributed by atoms with Crippen molar-refractivity contribution in [3.63, 3.8) is 0 Å². The number of pyridine rings is 1. The van der Waals surface area contributed by atoms with Crippen LogP contribution in [0, 0.1) is 11.8 Å². The van der Waals surface area contributed by atoms with Gasteiger partial charge in [0.2, 0.25) is 0 Å². The monoisotopic (exact) mass is 385 g/mol. The molecule has 0 saturated carbocycles. The van der Waals surface area contributed by atoms with Crippen molar-refractivity contribution in [1.29, 1.82) is 0 Å². The van der Waals surface area contributed by atoms with E-state index in [1.165, 1.54) is 12.0 Å². The first kappa shape index (κ1) is 18.5. The first-order valence-corrected chi connectivity index (χ1v) is 10.7. The summed E-state index contributed by atoms with van der Waals surface area (Å²) in [5, 5.41) is 12.8. The minimum Gasteiger partial charge on any atom is -0.382 e. The molecule has 3 aliphatic heterocycles. The predicted molar refractivity (Wildman–Crippen MR) is 117 cm³/mol. The number of quaternary nitrogens is 1. The second kappa shape index (κ2) is 7.40. The van der Waals surface area contributed by atoms with E-state index >= 15 is 0 Å². The first-order chi connectivity index (χ1) is 14.2. The van der Waals surface area contributed by atoms with Gasteiger partial charge in [-0.2, -0.15) is 0 Å². The average Bonchev–Trinajstić information content (AvgIpc) is 2.78. The smallest absolute Gasteiger partial charge is 0.131 e. The first-order valence-electron chi connectivity index (χ1n) is 10.7. The van der Waals surface area contributed by atoms with Gasteiger partial charge in [-0.3, -0.25) is 4.98 Å². The van der Waals surface area contributed by atoms with Crippen molar-refractivity contribution in [2.24, 2.45) is 11.8 Å². The van der Waals surface area contributed by atoms with Crippen LogP contribution in [-0.4, -0.2) is 33.7 Å². The van der Waals surface area contributed by atoms with E-state index in [2.05, 4.69) is 54.0 Å². The zero-order valence-corrected chi connectivity index (χ0v) is 16.8. The molecule has 1 unspecified atom stereocenters. The van der Waals surface area contributed by atoms with Crippen LogP contribution in [0.15, 0.2) is 79.5 Å². The number of aliphatic hydroxyl groups is 1. The lowest BCUT2D eigenvalue weighted by Crippen LogP contribution is -2.67. The van der Waals surface area contributed by atoms with Crippen molar-refractivity contribution in [1.82, 2.24) is 4.98 Å². The molecule has 3 aromatic rings. The van der Waals surface area contributed by atoms with Gasteiger partial charge in [-0.25, -0.2) is 0 Å². The number of fused-ring (bicyclic) bond motifs is 4. The zero-order chi connectivity index (χ0) is 19.8. The van der Waals surface area contributed by atoms with Crippen LogP contribution in [0.5, 0.6) is 0 Å². The lowest BCUT2D eigenvalue weighted by Gasteiger charge is -2.58. The standard InChI is InChI=1S/C26H29N2O/c1-2-20-18-28(17-19-8-4-3-5-9-19)15-13-21(20)16-25(28)26(29)23-12-14-27-24-11-7-6-10-22(23)24/h2-12,14,20-21,25-26,29H,1,13,15-18H2/q+1/t20?,21-,25+,26+,28+/m0/s1. The fourth-order valence-corrected chi connectivity index (χ4v) is 5.91. The van der Waals surface area contributed by atoms with Crippen molar-refractivity contribution in [2.75, 3.05) is 13.1 Å². The van der Waals surface area contributed by atoms with Gasteiger partial charge in [-0.1, -0.05) is 54.6 Å². The van der Waals surface area contributed by atoms with Crippen LogP contribution in [0.2, 0.25) is 0 Å². The second-order valence-electron chi connectivity index (χ2n) is 8.88. The number of aliphatic hydroxyl groups excluding tert-OH is 1. The van der Waals surface area contributed by atoms with Gasteiger partial charge in [-0.15, -0.1) is 6.58 Å². The second-order valence-corrected chi connectivity index (χ2v) is 8.88. The Morgan fingerprint density at radius 2 is 1.90 bits per heavy atom. The van der Waals surface area contributed by atoms with Crippen molar-refractivity contribution in [2.45, 2.75) is 31.5 Å². The van der Waals surface area contributed by atoms with E-state index < -0.39 is 6.10 Å². The highest BCUT2D eigenvalue weighted by atomic mass is 16.3. The Morgan fingerprint density at radius 1 is 1.10 bits per heavy atom. The van der Waals surface area contributed by atoms with E-state index in [-0.39, 0.29) is 6.04 Å². The lowest BCUT2D eigenvalue weighted by atomic mass is 9.71. The predicted octanol–water partition coefficient (Wildman–Crippen LogP) is 4.88. The highest BCUT2D eigenvalue weighted by Gasteiger charge is 2.53. The molecule has 2 bridgehead atoms. The summed E-state index contributed by atoms with van der Waals surface area (Å²) in [5.74, 6) is 1.18. The highest BCUT2D eigenvalue weighted by molar-refractivity contribution is 5.82. The lowest BCUT2D eigenvalue weighted by molar-refractivity contribution is -0.984. The molecule has 0 radical (unpaired) electrons. The van der Waals surface area contributed by atoms with Crippen molar-refractivity contribution >= 4 is 10.9 Å². The van der Waals surface area contributed by atoms with E-state index in [0.29, 0.717) is 11.8 Å². The molecule has 3 saturated heterocycles. The molecule has 4 heterocycles. The molecule has 2 aromatic carbocycles. The van der Waals surface area contributed by atoms with Gasteiger partial charge < -0.3 is 9.59 Å². The summed E-state index contributed by atoms with van der Waals surface area (Å²) in [6.07, 6.45) is 5.79. The van der Waals surface area contributed by atoms with Crippen LogP contribution >= 0.6 is 0 Å². The maximum atomic E-state index is 11.7. The number of para-hydroxylation sites is 1. The molecule has 0 spiro atoms. The Labute approximate surface area is 172 Å². The molecule has 6 rings (SSSR count). The highest BCUT2D eigenvalue weighted by Crippen LogP contribution is 2.47. The normalized spacial score (nSPS) is 29.6. The molecule has 0 amide bonds. The molecule has 29 heavy (non-hydrogen) atoms. The molecule has 148 valence electrons. The maximum Gasteiger partial charge on any atom is 0.131 e. The van der Waals surface area contributed by atoms with Crippen LogP contribution in [0.1, 0.15) is 30.1 Å². The summed E-state index contributed by atoms with van der Waals surface area (Å²) in [7, 11) is 0. The summed E-state index contributed by atoms with van der Waals surface area (Å²) >= 11 is 0. The molecule has 3 nitrogen and oxygen atoms in total. The number of rotatable bonds is 5. The van der Waals surface area contributed by atoms with E-state index in [9.17, 15) is 5.11 Å². The summed E-state index contributed by atoms with van der Waals surface area (Å²) in [6, 6.07) is 21.2. The molecule has 3 aliphatic rings. The van der Waals surface area contributed by atoms with E-state index in [0.717, 1.165) is 47.0 Å². The molecular weight excluding hydrogens is 356 g/mol. The van der Waals surface area contributed by atoms with Gasteiger partial charge in [0.25, 0.3) is 0 Å². The number of hydrogen-bond acceptors (Lipinski definition) is 2. The topological polar surface area (TPSA) is 33.1 Å². The van der Waals surface area contributed by atoms with Crippen LogP contribution in [0.3, 0.4) is 0 Å². The number of piperidine rings is 3. The van der Waals surface area contributed by atoms with Gasteiger partial charge in [0.1, 0.15) is 18.7 Å². The fraction of sp³-hybridized carbons (Fsp3) is 0.346. The largest absolute Gasteiger partial charge is 0.382 e. The third-order valence-corrected chi connectivity index (χ3v) is 7.38. The maximum absolute atomic E-state index is 11.7. The summed E-state index contributed by atoms with van der Waals surface area (Å²) in [5.41, 5.74) is 3.33. The Morgan fingerprint density at radius 3 is 2.72 bits per heavy atom. The van der Waals surface area contributed by atoms with Crippen LogP contribution in [-0.2, 0) is 6.54 Å². The molecule has 3 heteroatoms. The minimum atomic E-state index is -0.486. The van der Waals surface area contributed by atoms with Gasteiger partial charge in [0, 0.05) is 35.9 Å². The number of benzene rings is 2. The van der Waals surface area contributed by atoms with Gasteiger partial charge in [0.15, 0.2) is 0 Å². The quantitative estimate of drug-likeness (QED) is 0.502. The van der Waals surface area contributed by atoms with Gasteiger partial charge >= 0.3 is 0 Å². The van der Waals surface area contributed by atoms with Crippen molar-refractivity contribution in [3.05, 3.63) is 90.6 Å². The molecule has 0 aliphatic carbocycles. The summed E-state index contributed by atoms with van der Waals surface area (Å²) < 4.78 is 0.953. The third-order valence-electron chi connectivity index (χ3n) is 7.38. The van der Waals surface area contributed by atoms with Crippen LogP contribution in [0.25, 0.3) is 10.9 Å². The SMILES string of the molecule is C=CC1C[N@+]2(Cc3ccccc3)CC[C@H]1C[C@@H]2[C@H](O)c1ccnc2ccccc12.